The molecule has 0 bridgehead atoms. The number of aromatic nitrogens is 2. The first-order valence-corrected chi connectivity index (χ1v) is 8.88. The summed E-state index contributed by atoms with van der Waals surface area (Å²) in [5.74, 6) is 2.42. The predicted molar refractivity (Wildman–Crippen MR) is 105 cm³/mol. The second kappa shape index (κ2) is 7.26. The monoisotopic (exact) mass is 379 g/mol. The third kappa shape index (κ3) is 2.94. The molecule has 1 atom stereocenters. The Morgan fingerprint density at radius 2 is 1.82 bits per heavy atom. The smallest absolute Gasteiger partial charge is 0.226 e. The fourth-order valence-electron chi connectivity index (χ4n) is 3.59. The molecule has 1 N–H and O–H groups in total. The summed E-state index contributed by atoms with van der Waals surface area (Å²) in [7, 11) is 4.84. The number of methoxy groups -OCH3 is 3. The van der Waals surface area contributed by atoms with Crippen LogP contribution in [0.1, 0.15) is 23.6 Å². The number of nitrogens with zero attached hydrogens (tertiary/aromatic N) is 2. The summed E-state index contributed by atoms with van der Waals surface area (Å²) in [5.41, 5.74) is 2.45. The first-order valence-electron chi connectivity index (χ1n) is 8.88. The topological polar surface area (TPSA) is 74.6 Å². The molecule has 0 radical (unpaired) electrons. The molecule has 1 aliphatic rings. The van der Waals surface area contributed by atoms with Crippen LogP contribution in [0.5, 0.6) is 17.2 Å². The number of rotatable bonds is 5. The highest BCUT2D eigenvalue weighted by Gasteiger charge is 2.33. The number of hydrogen-bond acceptors (Lipinski definition) is 5. The summed E-state index contributed by atoms with van der Waals surface area (Å²) >= 11 is 0. The Balaban J connectivity index is 1.86. The van der Waals surface area contributed by atoms with Crippen LogP contribution in [0.25, 0.3) is 5.69 Å². The van der Waals surface area contributed by atoms with E-state index in [1.54, 1.807) is 27.7 Å². The van der Waals surface area contributed by atoms with Crippen LogP contribution in [0.15, 0.2) is 48.8 Å². The van der Waals surface area contributed by atoms with Gasteiger partial charge in [-0.05, 0) is 18.2 Å². The molecular formula is C21H21N3O4. The van der Waals surface area contributed by atoms with Crippen molar-refractivity contribution in [3.63, 3.8) is 0 Å². The molecule has 4 rings (SSSR count). The molecule has 2 aromatic carbocycles. The molecule has 7 nitrogen and oxygen atoms in total. The molecular weight excluding hydrogens is 358 g/mol. The van der Waals surface area contributed by atoms with Crippen molar-refractivity contribution in [2.75, 3.05) is 26.6 Å². The van der Waals surface area contributed by atoms with Crippen molar-refractivity contribution in [3.05, 3.63) is 60.0 Å². The predicted octanol–water partition coefficient (Wildman–Crippen LogP) is 3.37. The van der Waals surface area contributed by atoms with Gasteiger partial charge in [-0.25, -0.2) is 4.98 Å². The third-order valence-corrected chi connectivity index (χ3v) is 4.93. The van der Waals surface area contributed by atoms with Crippen LogP contribution in [-0.2, 0) is 4.79 Å². The van der Waals surface area contributed by atoms with Crippen LogP contribution in [-0.4, -0.2) is 36.8 Å². The number of nitrogens with one attached hydrogen (secondary N) is 1. The van der Waals surface area contributed by atoms with Gasteiger partial charge in [0.15, 0.2) is 0 Å². The maximum Gasteiger partial charge on any atom is 0.226 e. The van der Waals surface area contributed by atoms with E-state index in [1.165, 1.54) is 0 Å². The van der Waals surface area contributed by atoms with Crippen molar-refractivity contribution >= 4 is 11.7 Å². The summed E-state index contributed by atoms with van der Waals surface area (Å²) < 4.78 is 18.2. The van der Waals surface area contributed by atoms with Gasteiger partial charge in [0.2, 0.25) is 5.91 Å². The Labute approximate surface area is 162 Å². The zero-order chi connectivity index (χ0) is 19.7. The molecule has 3 aromatic rings. The van der Waals surface area contributed by atoms with Crippen molar-refractivity contribution in [1.82, 2.24) is 9.55 Å². The number of carbonyl (C=O) groups is 1. The standard InChI is InChI=1S/C21H21N3O4/c1-26-13-8-9-18(28-3)16(10-13)24-12-22-20-15(11-19(25)23-21(20)24)14-6-4-5-7-17(14)27-2/h4-10,12,15H,11H2,1-3H3,(H,23,25)/t15-/m1/s1. The molecule has 1 amide bonds. The van der Waals surface area contributed by atoms with Crippen molar-refractivity contribution in [2.24, 2.45) is 0 Å². The highest BCUT2D eigenvalue weighted by molar-refractivity contribution is 5.94. The minimum absolute atomic E-state index is 0.0768. The second-order valence-electron chi connectivity index (χ2n) is 6.43. The number of benzene rings is 2. The van der Waals surface area contributed by atoms with Crippen LogP contribution >= 0.6 is 0 Å². The number of para-hydroxylation sites is 1. The molecule has 28 heavy (non-hydrogen) atoms. The van der Waals surface area contributed by atoms with Gasteiger partial charge in [0.25, 0.3) is 0 Å². The Kier molecular flexibility index (Phi) is 4.65. The fraction of sp³-hybridized carbons (Fsp3) is 0.238. The summed E-state index contributed by atoms with van der Waals surface area (Å²) in [6, 6.07) is 13.2. The zero-order valence-electron chi connectivity index (χ0n) is 15.9. The van der Waals surface area contributed by atoms with Crippen molar-refractivity contribution in [3.8, 4) is 22.9 Å². The number of hydrogen-bond donors (Lipinski definition) is 1. The normalized spacial score (nSPS) is 15.5. The first-order chi connectivity index (χ1) is 13.7. The Morgan fingerprint density at radius 1 is 1.04 bits per heavy atom. The van der Waals surface area contributed by atoms with Crippen LogP contribution in [0.4, 0.5) is 5.82 Å². The Morgan fingerprint density at radius 3 is 2.57 bits per heavy atom. The van der Waals surface area contributed by atoms with Gasteiger partial charge in [-0.2, -0.15) is 0 Å². The molecule has 2 heterocycles. The number of fused-ring (bicyclic) bond motifs is 1. The van der Waals surface area contributed by atoms with Gasteiger partial charge < -0.3 is 19.5 Å². The first kappa shape index (κ1) is 17.9. The summed E-state index contributed by atoms with van der Waals surface area (Å²) in [6.07, 6.45) is 2.00. The van der Waals surface area contributed by atoms with Gasteiger partial charge in [0, 0.05) is 24.0 Å². The van der Waals surface area contributed by atoms with E-state index >= 15 is 0 Å². The maximum atomic E-state index is 12.5. The van der Waals surface area contributed by atoms with Gasteiger partial charge in [0.1, 0.15) is 29.4 Å². The molecule has 7 heteroatoms. The Bertz CT molecular complexity index is 1030. The van der Waals surface area contributed by atoms with Crippen molar-refractivity contribution in [1.29, 1.82) is 0 Å². The largest absolute Gasteiger partial charge is 0.497 e. The van der Waals surface area contributed by atoms with E-state index in [-0.39, 0.29) is 11.8 Å². The summed E-state index contributed by atoms with van der Waals surface area (Å²) in [4.78, 5) is 17.1. The summed E-state index contributed by atoms with van der Waals surface area (Å²) in [5, 5.41) is 2.96. The molecule has 0 aliphatic carbocycles. The van der Waals surface area contributed by atoms with Crippen LogP contribution in [0.2, 0.25) is 0 Å². The van der Waals surface area contributed by atoms with E-state index in [9.17, 15) is 4.79 Å². The molecule has 0 saturated heterocycles. The number of anilines is 1. The molecule has 0 spiro atoms. The van der Waals surface area contributed by atoms with Crippen molar-refractivity contribution in [2.45, 2.75) is 12.3 Å². The lowest BCUT2D eigenvalue weighted by molar-refractivity contribution is -0.116. The van der Waals surface area contributed by atoms with Crippen molar-refractivity contribution < 1.29 is 19.0 Å². The SMILES string of the molecule is COc1ccc(OC)c(-n2cnc3c2NC(=O)C[C@@H]3c2ccccc2OC)c1. The van der Waals surface area contributed by atoms with E-state index in [2.05, 4.69) is 10.3 Å². The van der Waals surface area contributed by atoms with E-state index < -0.39 is 0 Å². The lowest BCUT2D eigenvalue weighted by Gasteiger charge is -2.25. The quantitative estimate of drug-likeness (QED) is 0.736. The molecule has 0 unspecified atom stereocenters. The van der Waals surface area contributed by atoms with Crippen LogP contribution in [0.3, 0.4) is 0 Å². The van der Waals surface area contributed by atoms with Gasteiger partial charge in [0.05, 0.1) is 32.7 Å². The maximum absolute atomic E-state index is 12.5. The van der Waals surface area contributed by atoms with E-state index in [1.807, 2.05) is 47.0 Å². The molecule has 0 saturated carbocycles. The second-order valence-corrected chi connectivity index (χ2v) is 6.43. The number of amides is 1. The molecule has 1 aliphatic heterocycles. The number of carbonyl (C=O) groups excluding carboxylic acids is 1. The molecule has 144 valence electrons. The number of imidazole rings is 1. The van der Waals surface area contributed by atoms with Crippen LogP contribution in [0, 0.1) is 0 Å². The van der Waals surface area contributed by atoms with Gasteiger partial charge in [-0.15, -0.1) is 0 Å². The van der Waals surface area contributed by atoms with E-state index in [0.29, 0.717) is 23.7 Å². The molecule has 1 aromatic heterocycles. The average molecular weight is 379 g/mol. The van der Waals surface area contributed by atoms with E-state index in [0.717, 1.165) is 22.7 Å². The third-order valence-electron chi connectivity index (χ3n) is 4.93. The van der Waals surface area contributed by atoms with Gasteiger partial charge in [-0.1, -0.05) is 18.2 Å². The molecule has 0 fully saturated rings. The Hall–Kier alpha value is -3.48. The average Bonchev–Trinajstić information content (AvgIpc) is 3.16. The minimum Gasteiger partial charge on any atom is -0.497 e. The zero-order valence-corrected chi connectivity index (χ0v) is 15.9. The van der Waals surface area contributed by atoms with E-state index in [4.69, 9.17) is 14.2 Å². The van der Waals surface area contributed by atoms with Crippen LogP contribution < -0.4 is 19.5 Å². The highest BCUT2D eigenvalue weighted by Crippen LogP contribution is 2.41. The number of ether oxygens (including phenoxy) is 3. The highest BCUT2D eigenvalue weighted by atomic mass is 16.5. The lowest BCUT2D eigenvalue weighted by atomic mass is 9.89. The van der Waals surface area contributed by atoms with Gasteiger partial charge >= 0.3 is 0 Å². The lowest BCUT2D eigenvalue weighted by Crippen LogP contribution is -2.25. The summed E-state index contributed by atoms with van der Waals surface area (Å²) in [6.45, 7) is 0. The minimum atomic E-state index is -0.197. The fourth-order valence-corrected chi connectivity index (χ4v) is 3.59. The van der Waals surface area contributed by atoms with Gasteiger partial charge in [-0.3, -0.25) is 9.36 Å².